The van der Waals surface area contributed by atoms with E-state index in [4.69, 9.17) is 14.2 Å². The number of rotatable bonds is 6. The molecule has 100 valence electrons. The van der Waals surface area contributed by atoms with Gasteiger partial charge in [-0.05, 0) is 18.8 Å². The average molecular weight is 246 g/mol. The molecule has 0 aromatic carbocycles. The maximum atomic E-state index is 11.5. The van der Waals surface area contributed by atoms with Crippen LogP contribution in [0.15, 0.2) is 0 Å². The summed E-state index contributed by atoms with van der Waals surface area (Å²) in [5, 5.41) is 5.53. The lowest BCUT2D eigenvalue weighted by molar-refractivity contribution is -0.0971. The van der Waals surface area contributed by atoms with Crippen molar-refractivity contribution in [1.29, 1.82) is 0 Å². The first-order chi connectivity index (χ1) is 8.26. The van der Waals surface area contributed by atoms with Gasteiger partial charge in [-0.15, -0.1) is 0 Å². The Morgan fingerprint density at radius 3 is 2.53 bits per heavy atom. The zero-order valence-corrected chi connectivity index (χ0v) is 10.5. The molecule has 1 aliphatic heterocycles. The maximum Gasteiger partial charge on any atom is 0.314 e. The van der Waals surface area contributed by atoms with Gasteiger partial charge in [0.05, 0.1) is 6.54 Å². The predicted octanol–water partition coefficient (Wildman–Crippen LogP) is 0.331. The summed E-state index contributed by atoms with van der Waals surface area (Å²) in [6.07, 6.45) is 1.63. The van der Waals surface area contributed by atoms with E-state index in [1.165, 1.54) is 14.2 Å². The molecule has 1 fully saturated rings. The molecule has 1 rings (SSSR count). The summed E-state index contributed by atoms with van der Waals surface area (Å²) >= 11 is 0. The van der Waals surface area contributed by atoms with Crippen LogP contribution in [0.2, 0.25) is 0 Å². The highest BCUT2D eigenvalue weighted by Gasteiger charge is 2.14. The standard InChI is InChI=1S/C11H22N2O4/c1-15-10(16-2)8-13-11(14)12-7-9-3-5-17-6-4-9/h9-10H,3-8H2,1-2H3,(H2,12,13,14). The fourth-order valence-electron chi connectivity index (χ4n) is 1.69. The average Bonchev–Trinajstić information content (AvgIpc) is 2.39. The molecule has 6 heteroatoms. The summed E-state index contributed by atoms with van der Waals surface area (Å²) in [4.78, 5) is 11.5. The highest BCUT2D eigenvalue weighted by atomic mass is 16.7. The van der Waals surface area contributed by atoms with E-state index in [2.05, 4.69) is 10.6 Å². The summed E-state index contributed by atoms with van der Waals surface area (Å²) in [5.41, 5.74) is 0. The van der Waals surface area contributed by atoms with Crippen LogP contribution in [-0.2, 0) is 14.2 Å². The fraction of sp³-hybridized carbons (Fsp3) is 0.909. The van der Waals surface area contributed by atoms with Gasteiger partial charge < -0.3 is 24.8 Å². The number of carbonyl (C=O) groups is 1. The van der Waals surface area contributed by atoms with Crippen molar-refractivity contribution < 1.29 is 19.0 Å². The van der Waals surface area contributed by atoms with Gasteiger partial charge in [-0.1, -0.05) is 0 Å². The normalized spacial score (nSPS) is 17.1. The van der Waals surface area contributed by atoms with E-state index >= 15 is 0 Å². The van der Waals surface area contributed by atoms with Gasteiger partial charge in [0.2, 0.25) is 0 Å². The Labute approximate surface area is 102 Å². The Balaban J connectivity index is 2.07. The minimum absolute atomic E-state index is 0.185. The number of urea groups is 1. The predicted molar refractivity (Wildman–Crippen MR) is 62.8 cm³/mol. The van der Waals surface area contributed by atoms with Crippen LogP contribution in [0, 0.1) is 5.92 Å². The quantitative estimate of drug-likeness (QED) is 0.663. The Morgan fingerprint density at radius 2 is 1.94 bits per heavy atom. The lowest BCUT2D eigenvalue weighted by Crippen LogP contribution is -2.42. The first-order valence-electron chi connectivity index (χ1n) is 5.91. The summed E-state index contributed by atoms with van der Waals surface area (Å²) in [6.45, 7) is 2.62. The van der Waals surface area contributed by atoms with Crippen molar-refractivity contribution in [2.75, 3.05) is 40.5 Å². The van der Waals surface area contributed by atoms with Gasteiger partial charge >= 0.3 is 6.03 Å². The molecule has 0 aliphatic carbocycles. The topological polar surface area (TPSA) is 68.8 Å². The van der Waals surface area contributed by atoms with Gasteiger partial charge in [-0.2, -0.15) is 0 Å². The SMILES string of the molecule is COC(CNC(=O)NCC1CCOCC1)OC. The van der Waals surface area contributed by atoms with Crippen LogP contribution in [0.4, 0.5) is 4.79 Å². The molecule has 6 nitrogen and oxygen atoms in total. The third-order valence-electron chi connectivity index (χ3n) is 2.85. The fourth-order valence-corrected chi connectivity index (χ4v) is 1.69. The van der Waals surface area contributed by atoms with Gasteiger partial charge in [0.1, 0.15) is 0 Å². The van der Waals surface area contributed by atoms with E-state index in [1.807, 2.05) is 0 Å². The smallest absolute Gasteiger partial charge is 0.314 e. The van der Waals surface area contributed by atoms with E-state index in [1.54, 1.807) is 0 Å². The van der Waals surface area contributed by atoms with E-state index in [0.29, 0.717) is 19.0 Å². The maximum absolute atomic E-state index is 11.5. The molecule has 0 aromatic heterocycles. The van der Waals surface area contributed by atoms with Crippen molar-refractivity contribution in [3.8, 4) is 0 Å². The molecule has 2 amide bonds. The number of amides is 2. The second kappa shape index (κ2) is 8.27. The Hall–Kier alpha value is -0.850. The molecule has 1 saturated heterocycles. The molecule has 0 aromatic rings. The monoisotopic (exact) mass is 246 g/mol. The van der Waals surface area contributed by atoms with Crippen LogP contribution in [0.5, 0.6) is 0 Å². The summed E-state index contributed by atoms with van der Waals surface area (Å²) < 4.78 is 15.2. The molecule has 17 heavy (non-hydrogen) atoms. The molecular formula is C11H22N2O4. The molecule has 1 heterocycles. The van der Waals surface area contributed by atoms with Crippen LogP contribution in [0.3, 0.4) is 0 Å². The first-order valence-corrected chi connectivity index (χ1v) is 5.91. The first kappa shape index (κ1) is 14.2. The Bertz CT molecular complexity index is 216. The molecule has 1 aliphatic rings. The zero-order valence-electron chi connectivity index (χ0n) is 10.5. The molecular weight excluding hydrogens is 224 g/mol. The number of methoxy groups -OCH3 is 2. The van der Waals surface area contributed by atoms with Crippen LogP contribution in [0.1, 0.15) is 12.8 Å². The molecule has 0 saturated carbocycles. The van der Waals surface area contributed by atoms with Crippen molar-refractivity contribution >= 4 is 6.03 Å². The third kappa shape index (κ3) is 5.86. The van der Waals surface area contributed by atoms with Crippen molar-refractivity contribution in [3.05, 3.63) is 0 Å². The number of hydrogen-bond donors (Lipinski definition) is 2. The highest BCUT2D eigenvalue weighted by Crippen LogP contribution is 2.12. The van der Waals surface area contributed by atoms with Gasteiger partial charge in [0.15, 0.2) is 6.29 Å². The van der Waals surface area contributed by atoms with Gasteiger partial charge in [-0.25, -0.2) is 4.79 Å². The van der Waals surface area contributed by atoms with Crippen LogP contribution < -0.4 is 10.6 Å². The number of ether oxygens (including phenoxy) is 3. The van der Waals surface area contributed by atoms with Gasteiger partial charge in [0.25, 0.3) is 0 Å². The lowest BCUT2D eigenvalue weighted by Gasteiger charge is -2.22. The minimum Gasteiger partial charge on any atom is -0.381 e. The van der Waals surface area contributed by atoms with Crippen molar-refractivity contribution in [2.45, 2.75) is 19.1 Å². The Morgan fingerprint density at radius 1 is 1.29 bits per heavy atom. The zero-order chi connectivity index (χ0) is 12.5. The summed E-state index contributed by atoms with van der Waals surface area (Å²) in [7, 11) is 3.07. The van der Waals surface area contributed by atoms with E-state index < -0.39 is 6.29 Å². The van der Waals surface area contributed by atoms with Crippen LogP contribution >= 0.6 is 0 Å². The van der Waals surface area contributed by atoms with Crippen molar-refractivity contribution in [1.82, 2.24) is 10.6 Å². The molecule has 0 unspecified atom stereocenters. The second-order valence-electron chi connectivity index (χ2n) is 4.05. The molecule has 0 bridgehead atoms. The molecule has 0 spiro atoms. The number of nitrogens with one attached hydrogen (secondary N) is 2. The lowest BCUT2D eigenvalue weighted by atomic mass is 10.0. The van der Waals surface area contributed by atoms with Crippen molar-refractivity contribution in [2.24, 2.45) is 5.92 Å². The van der Waals surface area contributed by atoms with Gasteiger partial charge in [-0.3, -0.25) is 0 Å². The number of carbonyl (C=O) groups excluding carboxylic acids is 1. The minimum atomic E-state index is -0.399. The summed E-state index contributed by atoms with van der Waals surface area (Å²) in [6, 6.07) is -0.185. The molecule has 0 atom stereocenters. The Kier molecular flexibility index (Phi) is 6.91. The van der Waals surface area contributed by atoms with E-state index in [0.717, 1.165) is 26.1 Å². The van der Waals surface area contributed by atoms with Crippen LogP contribution in [0.25, 0.3) is 0 Å². The second-order valence-corrected chi connectivity index (χ2v) is 4.05. The summed E-state index contributed by atoms with van der Waals surface area (Å²) in [5.74, 6) is 0.523. The van der Waals surface area contributed by atoms with Gasteiger partial charge in [0, 0.05) is 34.0 Å². The third-order valence-corrected chi connectivity index (χ3v) is 2.85. The van der Waals surface area contributed by atoms with Crippen molar-refractivity contribution in [3.63, 3.8) is 0 Å². The van der Waals surface area contributed by atoms with Crippen LogP contribution in [-0.4, -0.2) is 52.8 Å². The molecule has 2 N–H and O–H groups in total. The van der Waals surface area contributed by atoms with E-state index in [9.17, 15) is 4.79 Å². The number of hydrogen-bond acceptors (Lipinski definition) is 4. The molecule has 0 radical (unpaired) electrons. The van der Waals surface area contributed by atoms with E-state index in [-0.39, 0.29) is 6.03 Å². The highest BCUT2D eigenvalue weighted by molar-refractivity contribution is 5.73. The largest absolute Gasteiger partial charge is 0.381 e.